The van der Waals surface area contributed by atoms with E-state index in [1.807, 2.05) is 6.92 Å². The SMILES string of the molecule is Cc1nc(Oc2ccc3c(c2)OCO3)ccc1CO. The zero-order chi connectivity index (χ0) is 13.2. The highest BCUT2D eigenvalue weighted by molar-refractivity contribution is 5.47. The molecule has 1 aromatic heterocycles. The Morgan fingerprint density at radius 2 is 2.05 bits per heavy atom. The Hall–Kier alpha value is -2.27. The van der Waals surface area contributed by atoms with Crippen molar-refractivity contribution < 1.29 is 19.3 Å². The molecule has 0 aliphatic carbocycles. The summed E-state index contributed by atoms with van der Waals surface area (Å²) in [4.78, 5) is 4.28. The second kappa shape index (κ2) is 4.78. The van der Waals surface area contributed by atoms with Crippen LogP contribution in [0, 0.1) is 6.92 Å². The molecule has 0 radical (unpaired) electrons. The molecule has 5 heteroatoms. The molecule has 2 aromatic rings. The number of benzene rings is 1. The summed E-state index contributed by atoms with van der Waals surface area (Å²) in [6, 6.07) is 8.88. The minimum Gasteiger partial charge on any atom is -0.454 e. The third-order valence-electron chi connectivity index (χ3n) is 2.91. The molecule has 0 amide bonds. The van der Waals surface area contributed by atoms with Gasteiger partial charge in [0.15, 0.2) is 11.5 Å². The van der Waals surface area contributed by atoms with E-state index in [1.165, 1.54) is 0 Å². The fraction of sp³-hybridized carbons (Fsp3) is 0.214. The Labute approximate surface area is 110 Å². The molecule has 0 unspecified atom stereocenters. The lowest BCUT2D eigenvalue weighted by molar-refractivity contribution is 0.174. The van der Waals surface area contributed by atoms with Gasteiger partial charge in [0.25, 0.3) is 0 Å². The van der Waals surface area contributed by atoms with Crippen molar-refractivity contribution in [1.29, 1.82) is 0 Å². The monoisotopic (exact) mass is 259 g/mol. The molecule has 19 heavy (non-hydrogen) atoms. The van der Waals surface area contributed by atoms with Crippen molar-refractivity contribution in [2.75, 3.05) is 6.79 Å². The van der Waals surface area contributed by atoms with E-state index >= 15 is 0 Å². The zero-order valence-corrected chi connectivity index (χ0v) is 10.4. The molecule has 2 heterocycles. The summed E-state index contributed by atoms with van der Waals surface area (Å²) in [6.07, 6.45) is 0. The number of hydrogen-bond acceptors (Lipinski definition) is 5. The highest BCUT2D eigenvalue weighted by Gasteiger charge is 2.14. The van der Waals surface area contributed by atoms with Gasteiger partial charge < -0.3 is 19.3 Å². The topological polar surface area (TPSA) is 60.8 Å². The smallest absolute Gasteiger partial charge is 0.231 e. The molecule has 0 saturated carbocycles. The summed E-state index contributed by atoms with van der Waals surface area (Å²) in [5.74, 6) is 2.50. The van der Waals surface area contributed by atoms with E-state index in [-0.39, 0.29) is 13.4 Å². The highest BCUT2D eigenvalue weighted by atomic mass is 16.7. The average Bonchev–Trinajstić information content (AvgIpc) is 2.86. The fourth-order valence-corrected chi connectivity index (χ4v) is 1.85. The molecule has 1 aliphatic rings. The van der Waals surface area contributed by atoms with E-state index in [1.54, 1.807) is 30.3 Å². The van der Waals surface area contributed by atoms with Crippen LogP contribution in [0.25, 0.3) is 0 Å². The highest BCUT2D eigenvalue weighted by Crippen LogP contribution is 2.36. The standard InChI is InChI=1S/C14H13NO4/c1-9-10(7-16)2-5-14(15-9)19-11-3-4-12-13(6-11)18-8-17-12/h2-6,16H,7-8H2,1H3. The van der Waals surface area contributed by atoms with E-state index in [2.05, 4.69) is 4.98 Å². The molecule has 3 rings (SSSR count). The maximum atomic E-state index is 9.09. The van der Waals surface area contributed by atoms with Gasteiger partial charge in [-0.2, -0.15) is 0 Å². The lowest BCUT2D eigenvalue weighted by Crippen LogP contribution is -1.95. The van der Waals surface area contributed by atoms with Crippen molar-refractivity contribution in [2.24, 2.45) is 0 Å². The molecule has 98 valence electrons. The number of nitrogens with zero attached hydrogens (tertiary/aromatic N) is 1. The number of aromatic nitrogens is 1. The molecule has 1 N–H and O–H groups in total. The van der Waals surface area contributed by atoms with Crippen molar-refractivity contribution in [2.45, 2.75) is 13.5 Å². The van der Waals surface area contributed by atoms with Gasteiger partial charge in [0, 0.05) is 17.8 Å². The normalized spacial score (nSPS) is 12.5. The third kappa shape index (κ3) is 2.32. The Morgan fingerprint density at radius 1 is 1.21 bits per heavy atom. The molecule has 0 saturated heterocycles. The number of fused-ring (bicyclic) bond motifs is 1. The van der Waals surface area contributed by atoms with Crippen LogP contribution in [0.15, 0.2) is 30.3 Å². The lowest BCUT2D eigenvalue weighted by Gasteiger charge is -2.08. The predicted octanol–water partition coefficient (Wildman–Crippen LogP) is 2.40. The van der Waals surface area contributed by atoms with Gasteiger partial charge in [-0.25, -0.2) is 4.98 Å². The van der Waals surface area contributed by atoms with E-state index in [0.29, 0.717) is 23.1 Å². The minimum atomic E-state index is -0.0247. The number of hydrogen-bond donors (Lipinski definition) is 1. The van der Waals surface area contributed by atoms with Gasteiger partial charge in [-0.15, -0.1) is 0 Å². The Balaban J connectivity index is 1.83. The second-order valence-electron chi connectivity index (χ2n) is 4.17. The van der Waals surface area contributed by atoms with E-state index in [0.717, 1.165) is 11.3 Å². The van der Waals surface area contributed by atoms with Crippen LogP contribution in [0.2, 0.25) is 0 Å². The predicted molar refractivity (Wildman–Crippen MR) is 67.5 cm³/mol. The average molecular weight is 259 g/mol. The molecule has 5 nitrogen and oxygen atoms in total. The van der Waals surface area contributed by atoms with Crippen LogP contribution in [0.4, 0.5) is 0 Å². The molecule has 1 aliphatic heterocycles. The van der Waals surface area contributed by atoms with E-state index in [9.17, 15) is 0 Å². The largest absolute Gasteiger partial charge is 0.454 e. The summed E-state index contributed by atoms with van der Waals surface area (Å²) in [7, 11) is 0. The molecule has 0 atom stereocenters. The van der Waals surface area contributed by atoms with Gasteiger partial charge in [-0.05, 0) is 30.7 Å². The number of ether oxygens (including phenoxy) is 3. The van der Waals surface area contributed by atoms with Crippen molar-refractivity contribution in [1.82, 2.24) is 4.98 Å². The van der Waals surface area contributed by atoms with Gasteiger partial charge in [0.2, 0.25) is 12.7 Å². The number of aliphatic hydroxyl groups excluding tert-OH is 1. The number of aryl methyl sites for hydroxylation is 1. The van der Waals surface area contributed by atoms with Gasteiger partial charge in [0.1, 0.15) is 5.75 Å². The first-order valence-corrected chi connectivity index (χ1v) is 5.91. The van der Waals surface area contributed by atoms with Crippen LogP contribution in [-0.4, -0.2) is 16.9 Å². The van der Waals surface area contributed by atoms with Crippen LogP contribution in [0.3, 0.4) is 0 Å². The molecular weight excluding hydrogens is 246 g/mol. The van der Waals surface area contributed by atoms with Crippen LogP contribution >= 0.6 is 0 Å². The third-order valence-corrected chi connectivity index (χ3v) is 2.91. The van der Waals surface area contributed by atoms with Crippen LogP contribution in [0.5, 0.6) is 23.1 Å². The number of rotatable bonds is 3. The maximum Gasteiger partial charge on any atom is 0.231 e. The molecule has 1 aromatic carbocycles. The van der Waals surface area contributed by atoms with Crippen LogP contribution < -0.4 is 14.2 Å². The first-order chi connectivity index (χ1) is 9.26. The Kier molecular flexibility index (Phi) is 2.97. The quantitative estimate of drug-likeness (QED) is 0.917. The van der Waals surface area contributed by atoms with Crippen molar-refractivity contribution >= 4 is 0 Å². The van der Waals surface area contributed by atoms with Gasteiger partial charge in [-0.3, -0.25) is 0 Å². The Morgan fingerprint density at radius 3 is 2.84 bits per heavy atom. The summed E-state index contributed by atoms with van der Waals surface area (Å²) >= 11 is 0. The number of aliphatic hydroxyl groups is 1. The molecular formula is C14H13NO4. The van der Waals surface area contributed by atoms with Gasteiger partial charge in [0.05, 0.1) is 6.61 Å². The van der Waals surface area contributed by atoms with Crippen LogP contribution in [-0.2, 0) is 6.61 Å². The molecule has 0 bridgehead atoms. The van der Waals surface area contributed by atoms with Crippen LogP contribution in [0.1, 0.15) is 11.3 Å². The summed E-state index contributed by atoms with van der Waals surface area (Å²) in [5, 5.41) is 9.09. The van der Waals surface area contributed by atoms with Crippen molar-refractivity contribution in [3.8, 4) is 23.1 Å². The molecule has 0 fully saturated rings. The summed E-state index contributed by atoms with van der Waals surface area (Å²) < 4.78 is 16.2. The van der Waals surface area contributed by atoms with E-state index < -0.39 is 0 Å². The first kappa shape index (κ1) is 11.8. The first-order valence-electron chi connectivity index (χ1n) is 5.91. The van der Waals surface area contributed by atoms with Gasteiger partial charge >= 0.3 is 0 Å². The van der Waals surface area contributed by atoms with E-state index in [4.69, 9.17) is 19.3 Å². The maximum absolute atomic E-state index is 9.09. The second-order valence-corrected chi connectivity index (χ2v) is 4.17. The fourth-order valence-electron chi connectivity index (χ4n) is 1.85. The molecule has 0 spiro atoms. The number of pyridine rings is 1. The summed E-state index contributed by atoms with van der Waals surface area (Å²) in [6.45, 7) is 2.04. The lowest BCUT2D eigenvalue weighted by atomic mass is 10.2. The van der Waals surface area contributed by atoms with Gasteiger partial charge in [-0.1, -0.05) is 0 Å². The minimum absolute atomic E-state index is 0.0247. The summed E-state index contributed by atoms with van der Waals surface area (Å²) in [5.41, 5.74) is 1.54. The van der Waals surface area contributed by atoms with Crippen molar-refractivity contribution in [3.63, 3.8) is 0 Å². The van der Waals surface area contributed by atoms with Crippen molar-refractivity contribution in [3.05, 3.63) is 41.6 Å². The zero-order valence-electron chi connectivity index (χ0n) is 10.4. The Bertz CT molecular complexity index is 612.